The third-order valence-electron chi connectivity index (χ3n) is 3.03. The molecule has 0 N–H and O–H groups in total. The minimum absolute atomic E-state index is 0.0651. The van der Waals surface area contributed by atoms with Crippen LogP contribution in [0.3, 0.4) is 0 Å². The number of Topliss-reactive ketones (excluding diaryl/α,β-unsaturated/α-hetero) is 1. The summed E-state index contributed by atoms with van der Waals surface area (Å²) in [5.41, 5.74) is 0.589. The summed E-state index contributed by atoms with van der Waals surface area (Å²) in [6.45, 7) is 5.92. The van der Waals surface area contributed by atoms with Gasteiger partial charge in [-0.2, -0.15) is 0 Å². The van der Waals surface area contributed by atoms with Gasteiger partial charge in [-0.15, -0.1) is 0 Å². The van der Waals surface area contributed by atoms with Crippen molar-refractivity contribution in [2.75, 3.05) is 12.9 Å². The molecule has 0 aliphatic heterocycles. The first-order chi connectivity index (χ1) is 8.95. The Morgan fingerprint density at radius 3 is 2.26 bits per heavy atom. The Morgan fingerprint density at radius 1 is 1.21 bits per heavy atom. The first kappa shape index (κ1) is 15.9. The van der Waals surface area contributed by atoms with Crippen molar-refractivity contribution in [3.8, 4) is 5.75 Å². The number of methoxy groups -OCH3 is 1. The highest BCUT2D eigenvalue weighted by Crippen LogP contribution is 2.15. The molecule has 0 saturated heterocycles. The van der Waals surface area contributed by atoms with Crippen LogP contribution in [0.15, 0.2) is 24.3 Å². The van der Waals surface area contributed by atoms with Crippen LogP contribution in [0, 0.1) is 5.92 Å². The second-order valence-corrected chi connectivity index (χ2v) is 6.88. The second kappa shape index (κ2) is 7.43. The molecule has 0 fully saturated rings. The van der Waals surface area contributed by atoms with Crippen molar-refractivity contribution in [1.82, 2.24) is 0 Å². The number of hydrogen-bond acceptors (Lipinski definition) is 3. The van der Waals surface area contributed by atoms with Gasteiger partial charge in [0.2, 0.25) is 0 Å². The molecule has 0 heterocycles. The van der Waals surface area contributed by atoms with Crippen molar-refractivity contribution in [2.45, 2.75) is 32.4 Å². The van der Waals surface area contributed by atoms with Crippen LogP contribution in [-0.4, -0.2) is 28.1 Å². The molecule has 4 heteroatoms. The third-order valence-corrected chi connectivity index (χ3v) is 4.68. The molecular weight excluding hydrogens is 260 g/mol. The van der Waals surface area contributed by atoms with Crippen molar-refractivity contribution < 1.29 is 13.7 Å². The monoisotopic (exact) mass is 282 g/mol. The van der Waals surface area contributed by atoms with Gasteiger partial charge in [-0.05, 0) is 43.5 Å². The van der Waals surface area contributed by atoms with Gasteiger partial charge in [0.15, 0.2) is 5.78 Å². The molecule has 0 saturated carbocycles. The lowest BCUT2D eigenvalue weighted by Gasteiger charge is -2.12. The normalized spacial score (nSPS) is 14.2. The molecule has 3 nitrogen and oxygen atoms in total. The maximum atomic E-state index is 12.2. The average molecular weight is 282 g/mol. The zero-order chi connectivity index (χ0) is 14.4. The van der Waals surface area contributed by atoms with Crippen LogP contribution in [0.25, 0.3) is 0 Å². The molecule has 0 aliphatic carbocycles. The largest absolute Gasteiger partial charge is 0.497 e. The highest BCUT2D eigenvalue weighted by atomic mass is 32.2. The molecule has 19 heavy (non-hydrogen) atoms. The third kappa shape index (κ3) is 4.78. The molecule has 106 valence electrons. The lowest BCUT2D eigenvalue weighted by atomic mass is 10.1. The van der Waals surface area contributed by atoms with E-state index in [4.69, 9.17) is 4.74 Å². The zero-order valence-corrected chi connectivity index (χ0v) is 12.8. The van der Waals surface area contributed by atoms with E-state index in [0.29, 0.717) is 23.0 Å². The minimum Gasteiger partial charge on any atom is -0.497 e. The molecule has 2 atom stereocenters. The van der Waals surface area contributed by atoms with Gasteiger partial charge in [0.1, 0.15) is 5.75 Å². The van der Waals surface area contributed by atoms with Gasteiger partial charge in [-0.25, -0.2) is 0 Å². The molecule has 1 aromatic carbocycles. The van der Waals surface area contributed by atoms with Crippen molar-refractivity contribution in [1.29, 1.82) is 0 Å². The Balaban J connectivity index is 2.67. The summed E-state index contributed by atoms with van der Waals surface area (Å²) < 4.78 is 17.1. The SMILES string of the molecule is COc1ccc(C(=O)C(C)S(=O)CCC(C)C)cc1. The van der Waals surface area contributed by atoms with E-state index in [-0.39, 0.29) is 5.78 Å². The number of rotatable bonds is 7. The van der Waals surface area contributed by atoms with E-state index >= 15 is 0 Å². The topological polar surface area (TPSA) is 43.4 Å². The predicted octanol–water partition coefficient (Wildman–Crippen LogP) is 3.06. The minimum atomic E-state index is -1.10. The number of carbonyl (C=O) groups is 1. The summed E-state index contributed by atoms with van der Waals surface area (Å²) >= 11 is 0. The summed E-state index contributed by atoms with van der Waals surface area (Å²) in [7, 11) is 0.480. The van der Waals surface area contributed by atoms with E-state index in [0.717, 1.165) is 6.42 Å². The lowest BCUT2D eigenvalue weighted by molar-refractivity contribution is 0.0992. The van der Waals surface area contributed by atoms with Crippen LogP contribution in [0.1, 0.15) is 37.6 Å². The Morgan fingerprint density at radius 2 is 1.79 bits per heavy atom. The van der Waals surface area contributed by atoms with E-state index < -0.39 is 16.0 Å². The lowest BCUT2D eigenvalue weighted by Crippen LogP contribution is -2.25. The van der Waals surface area contributed by atoms with Gasteiger partial charge in [-0.3, -0.25) is 9.00 Å². The fourth-order valence-corrected chi connectivity index (χ4v) is 3.07. The first-order valence-corrected chi connectivity index (χ1v) is 7.89. The van der Waals surface area contributed by atoms with Crippen LogP contribution < -0.4 is 4.74 Å². The number of ketones is 1. The van der Waals surface area contributed by atoms with Crippen molar-refractivity contribution in [3.05, 3.63) is 29.8 Å². The zero-order valence-electron chi connectivity index (χ0n) is 12.0. The highest BCUT2D eigenvalue weighted by molar-refractivity contribution is 7.86. The number of ether oxygens (including phenoxy) is 1. The molecule has 0 amide bonds. The van der Waals surface area contributed by atoms with Crippen LogP contribution >= 0.6 is 0 Å². The molecule has 0 radical (unpaired) electrons. The van der Waals surface area contributed by atoms with Crippen LogP contribution in [-0.2, 0) is 10.8 Å². The second-order valence-electron chi connectivity index (χ2n) is 5.00. The molecule has 0 aliphatic rings. The Labute approximate surface area is 117 Å². The number of hydrogen-bond donors (Lipinski definition) is 0. The maximum absolute atomic E-state index is 12.2. The average Bonchev–Trinajstić information content (AvgIpc) is 2.43. The highest BCUT2D eigenvalue weighted by Gasteiger charge is 2.21. The molecule has 0 spiro atoms. The van der Waals surface area contributed by atoms with Crippen LogP contribution in [0.2, 0.25) is 0 Å². The summed E-state index contributed by atoms with van der Waals surface area (Å²) in [6, 6.07) is 6.93. The van der Waals surface area contributed by atoms with Gasteiger partial charge < -0.3 is 4.74 Å². The quantitative estimate of drug-likeness (QED) is 0.722. The van der Waals surface area contributed by atoms with Crippen molar-refractivity contribution >= 4 is 16.6 Å². The van der Waals surface area contributed by atoms with Crippen molar-refractivity contribution in [2.24, 2.45) is 5.92 Å². The van der Waals surface area contributed by atoms with E-state index in [1.54, 1.807) is 38.3 Å². The Bertz CT molecular complexity index is 437. The van der Waals surface area contributed by atoms with Gasteiger partial charge in [0.25, 0.3) is 0 Å². The molecule has 2 unspecified atom stereocenters. The predicted molar refractivity (Wildman–Crippen MR) is 79.3 cm³/mol. The fourth-order valence-electron chi connectivity index (χ4n) is 1.64. The standard InChI is InChI=1S/C15H22O3S/c1-11(2)9-10-19(17)12(3)15(16)13-5-7-14(18-4)8-6-13/h5-8,11-12H,9-10H2,1-4H3. The maximum Gasteiger partial charge on any atom is 0.178 e. The first-order valence-electron chi connectivity index (χ1n) is 6.51. The summed E-state index contributed by atoms with van der Waals surface area (Å²) in [4.78, 5) is 12.2. The Kier molecular flexibility index (Phi) is 6.22. The molecular formula is C15H22O3S. The van der Waals surface area contributed by atoms with Crippen molar-refractivity contribution in [3.63, 3.8) is 0 Å². The van der Waals surface area contributed by atoms with E-state index in [1.807, 2.05) is 0 Å². The Hall–Kier alpha value is -1.16. The molecule has 1 rings (SSSR count). The number of benzene rings is 1. The number of carbonyl (C=O) groups excluding carboxylic acids is 1. The van der Waals surface area contributed by atoms with E-state index in [1.165, 1.54) is 0 Å². The van der Waals surface area contributed by atoms with Crippen LogP contribution in [0.5, 0.6) is 5.75 Å². The van der Waals surface area contributed by atoms with Crippen LogP contribution in [0.4, 0.5) is 0 Å². The fraction of sp³-hybridized carbons (Fsp3) is 0.533. The summed E-state index contributed by atoms with van der Waals surface area (Å²) in [6.07, 6.45) is 0.882. The smallest absolute Gasteiger partial charge is 0.178 e. The van der Waals surface area contributed by atoms with Gasteiger partial charge in [0.05, 0.1) is 12.4 Å². The molecule has 0 bridgehead atoms. The van der Waals surface area contributed by atoms with Gasteiger partial charge in [0, 0.05) is 22.1 Å². The van der Waals surface area contributed by atoms with E-state index in [2.05, 4.69) is 13.8 Å². The van der Waals surface area contributed by atoms with Gasteiger partial charge in [-0.1, -0.05) is 13.8 Å². The molecule has 0 aromatic heterocycles. The summed E-state index contributed by atoms with van der Waals surface area (Å²) in [5, 5.41) is -0.452. The summed E-state index contributed by atoms with van der Waals surface area (Å²) in [5.74, 6) is 1.74. The van der Waals surface area contributed by atoms with Gasteiger partial charge >= 0.3 is 0 Å². The van der Waals surface area contributed by atoms with E-state index in [9.17, 15) is 9.00 Å². The molecule has 1 aromatic rings.